The second-order valence-electron chi connectivity index (χ2n) is 22.0. The molecule has 0 aliphatic carbocycles. The average Bonchev–Trinajstić information content (AvgIpc) is 3.46. The number of ether oxygens (including phenoxy) is 5. The summed E-state index contributed by atoms with van der Waals surface area (Å²) in [7, 11) is 0. The van der Waals surface area contributed by atoms with Gasteiger partial charge in [0.05, 0.1) is 6.61 Å². The molecule has 1 heterocycles. The molecule has 0 saturated carbocycles. The SMILES string of the molecule is CC/C=C\C/C=C\C/C=C\CCCCCCCCCC(=O)OC1C(OCC(COC(=O)CCCCCCCCCCC/C=C\CCCCCCCC)OC(=O)CCCCCCC/C=C\CCCCCC)OC(C(=O)O)C(O)C1O. The Balaban J connectivity index is 2.64. The van der Waals surface area contributed by atoms with E-state index in [1.54, 1.807) is 0 Å². The molecule has 12 heteroatoms. The van der Waals surface area contributed by atoms with Gasteiger partial charge >= 0.3 is 23.9 Å². The van der Waals surface area contributed by atoms with E-state index in [4.69, 9.17) is 23.7 Å². The second kappa shape index (κ2) is 55.0. The molecule has 1 aliphatic rings. The molecule has 79 heavy (non-hydrogen) atoms. The van der Waals surface area contributed by atoms with E-state index in [0.29, 0.717) is 19.3 Å². The smallest absolute Gasteiger partial charge is 0.335 e. The Bertz CT molecular complexity index is 1600. The van der Waals surface area contributed by atoms with Crippen LogP contribution in [0.2, 0.25) is 0 Å². The van der Waals surface area contributed by atoms with Gasteiger partial charge in [-0.15, -0.1) is 0 Å². The maximum atomic E-state index is 13.2. The molecular formula is C67H116O12. The van der Waals surface area contributed by atoms with Gasteiger partial charge < -0.3 is 39.0 Å². The third kappa shape index (κ3) is 44.7. The van der Waals surface area contributed by atoms with E-state index < -0.39 is 67.3 Å². The highest BCUT2D eigenvalue weighted by atomic mass is 16.7. The number of hydrogen-bond donors (Lipinski definition) is 3. The minimum atomic E-state index is -1.91. The summed E-state index contributed by atoms with van der Waals surface area (Å²) in [5, 5.41) is 31.6. The zero-order valence-electron chi connectivity index (χ0n) is 50.4. The van der Waals surface area contributed by atoms with Crippen molar-refractivity contribution < 1.29 is 58.2 Å². The second-order valence-corrected chi connectivity index (χ2v) is 22.0. The van der Waals surface area contributed by atoms with Crippen molar-refractivity contribution in [3.8, 4) is 0 Å². The highest BCUT2D eigenvalue weighted by molar-refractivity contribution is 5.74. The Morgan fingerprint density at radius 2 is 0.797 bits per heavy atom. The molecule has 6 atom stereocenters. The number of esters is 3. The largest absolute Gasteiger partial charge is 0.479 e. The lowest BCUT2D eigenvalue weighted by Gasteiger charge is -2.40. The van der Waals surface area contributed by atoms with E-state index in [0.717, 1.165) is 122 Å². The van der Waals surface area contributed by atoms with Crippen LogP contribution in [0.3, 0.4) is 0 Å². The molecule has 1 rings (SSSR count). The van der Waals surface area contributed by atoms with Gasteiger partial charge in [0, 0.05) is 19.3 Å². The molecule has 0 bridgehead atoms. The summed E-state index contributed by atoms with van der Waals surface area (Å²) in [4.78, 5) is 51.3. The van der Waals surface area contributed by atoms with Gasteiger partial charge in [-0.25, -0.2) is 4.79 Å². The van der Waals surface area contributed by atoms with Crippen molar-refractivity contribution in [1.29, 1.82) is 0 Å². The van der Waals surface area contributed by atoms with Gasteiger partial charge in [0.25, 0.3) is 0 Å². The van der Waals surface area contributed by atoms with Crippen LogP contribution in [0.4, 0.5) is 0 Å². The van der Waals surface area contributed by atoms with Crippen LogP contribution in [0.25, 0.3) is 0 Å². The zero-order chi connectivity index (χ0) is 57.5. The number of carbonyl (C=O) groups excluding carboxylic acids is 3. The summed E-state index contributed by atoms with van der Waals surface area (Å²) >= 11 is 0. The van der Waals surface area contributed by atoms with Crippen LogP contribution in [-0.2, 0) is 42.9 Å². The lowest BCUT2D eigenvalue weighted by Crippen LogP contribution is -2.61. The number of aliphatic carboxylic acids is 1. The molecule has 0 spiro atoms. The van der Waals surface area contributed by atoms with Crippen molar-refractivity contribution in [1.82, 2.24) is 0 Å². The molecule has 1 aliphatic heterocycles. The van der Waals surface area contributed by atoms with Crippen LogP contribution >= 0.6 is 0 Å². The molecule has 12 nitrogen and oxygen atoms in total. The topological polar surface area (TPSA) is 175 Å². The number of allylic oxidation sites excluding steroid dienone is 10. The lowest BCUT2D eigenvalue weighted by atomic mass is 9.98. The standard InChI is InChI=1S/C67H116O12/c1-4-7-10-13-16-19-22-25-27-29-30-32-33-36-38-41-44-47-50-53-59(68)75-56-58(77-60(69)54-51-48-45-42-39-35-24-21-18-15-12-9-6-3)57-76-67-65(63(72)62(71)64(79-67)66(73)74)78-61(70)55-52-49-46-43-40-37-34-31-28-26-23-20-17-14-11-8-5-2/h8,11,17,20-21,24-28,58,62-65,67,71-72H,4-7,9-10,12-16,18-19,22-23,29-57H2,1-3H3,(H,73,74)/b11-8-,20-17-,24-21-,27-25-,28-26-. The molecule has 6 unspecified atom stereocenters. The first-order valence-electron chi connectivity index (χ1n) is 32.3. The fourth-order valence-electron chi connectivity index (χ4n) is 9.61. The fourth-order valence-corrected chi connectivity index (χ4v) is 9.61. The normalized spacial score (nSPS) is 18.2. The predicted molar refractivity (Wildman–Crippen MR) is 322 cm³/mol. The molecule has 0 amide bonds. The molecule has 3 N–H and O–H groups in total. The number of aliphatic hydroxyl groups excluding tert-OH is 2. The Hall–Kier alpha value is -3.58. The third-order valence-corrected chi connectivity index (χ3v) is 14.5. The zero-order valence-corrected chi connectivity index (χ0v) is 50.4. The number of carbonyl (C=O) groups is 4. The first-order valence-corrected chi connectivity index (χ1v) is 32.3. The first-order chi connectivity index (χ1) is 38.6. The maximum absolute atomic E-state index is 13.2. The van der Waals surface area contributed by atoms with E-state index in [1.165, 1.54) is 109 Å². The highest BCUT2D eigenvalue weighted by Gasteiger charge is 2.50. The number of carboxylic acid groups (broad SMARTS) is 1. The van der Waals surface area contributed by atoms with E-state index in [9.17, 15) is 34.5 Å². The summed E-state index contributed by atoms with van der Waals surface area (Å²) in [5.74, 6) is -3.13. The van der Waals surface area contributed by atoms with E-state index in [1.807, 2.05) is 0 Å². The van der Waals surface area contributed by atoms with Crippen molar-refractivity contribution in [3.05, 3.63) is 60.8 Å². The third-order valence-electron chi connectivity index (χ3n) is 14.5. The monoisotopic (exact) mass is 1110 g/mol. The van der Waals surface area contributed by atoms with Crippen LogP contribution < -0.4 is 0 Å². The van der Waals surface area contributed by atoms with Crippen LogP contribution in [0.5, 0.6) is 0 Å². The Kier molecular flexibility index (Phi) is 51.1. The lowest BCUT2D eigenvalue weighted by molar-refractivity contribution is -0.301. The van der Waals surface area contributed by atoms with Crippen molar-refractivity contribution in [2.45, 2.75) is 327 Å². The number of hydrogen-bond acceptors (Lipinski definition) is 11. The summed E-state index contributed by atoms with van der Waals surface area (Å²) in [6.07, 6.45) is 56.1. The summed E-state index contributed by atoms with van der Waals surface area (Å²) < 4.78 is 28.5. The Morgan fingerprint density at radius 3 is 1.24 bits per heavy atom. The molecule has 456 valence electrons. The van der Waals surface area contributed by atoms with Crippen LogP contribution in [-0.4, -0.2) is 89.2 Å². The van der Waals surface area contributed by atoms with Crippen LogP contribution in [0, 0.1) is 0 Å². The van der Waals surface area contributed by atoms with Gasteiger partial charge in [0.15, 0.2) is 24.6 Å². The average molecular weight is 1110 g/mol. The minimum absolute atomic E-state index is 0.0483. The minimum Gasteiger partial charge on any atom is -0.479 e. The molecule has 0 aromatic carbocycles. The number of rotatable bonds is 55. The van der Waals surface area contributed by atoms with Gasteiger partial charge in [0.1, 0.15) is 18.8 Å². The summed E-state index contributed by atoms with van der Waals surface area (Å²) in [5.41, 5.74) is 0. The van der Waals surface area contributed by atoms with Gasteiger partial charge in [-0.2, -0.15) is 0 Å². The molecule has 1 fully saturated rings. The Morgan fingerprint density at radius 1 is 0.430 bits per heavy atom. The van der Waals surface area contributed by atoms with Gasteiger partial charge in [-0.3, -0.25) is 14.4 Å². The predicted octanol–water partition coefficient (Wildman–Crippen LogP) is 17.1. The van der Waals surface area contributed by atoms with E-state index >= 15 is 0 Å². The molecule has 1 saturated heterocycles. The van der Waals surface area contributed by atoms with Gasteiger partial charge in [0.2, 0.25) is 0 Å². The van der Waals surface area contributed by atoms with Crippen LogP contribution in [0.1, 0.15) is 290 Å². The number of aliphatic hydroxyl groups is 2. The first kappa shape index (κ1) is 73.4. The van der Waals surface area contributed by atoms with Crippen molar-refractivity contribution in [2.24, 2.45) is 0 Å². The summed E-state index contributed by atoms with van der Waals surface area (Å²) in [6.45, 7) is 5.88. The highest BCUT2D eigenvalue weighted by Crippen LogP contribution is 2.27. The van der Waals surface area contributed by atoms with Crippen molar-refractivity contribution in [3.63, 3.8) is 0 Å². The van der Waals surface area contributed by atoms with Crippen LogP contribution in [0.15, 0.2) is 60.8 Å². The fraction of sp³-hybridized carbons (Fsp3) is 0.791. The molecule has 0 aromatic rings. The Labute approximate surface area is 481 Å². The summed E-state index contributed by atoms with van der Waals surface area (Å²) in [6, 6.07) is 0. The number of unbranched alkanes of at least 4 members (excludes halogenated alkanes) is 31. The quantitative estimate of drug-likeness (QED) is 0.0228. The number of carboxylic acids is 1. The van der Waals surface area contributed by atoms with Crippen molar-refractivity contribution in [2.75, 3.05) is 13.2 Å². The molecular weight excluding hydrogens is 997 g/mol. The van der Waals surface area contributed by atoms with E-state index in [2.05, 4.69) is 81.5 Å². The van der Waals surface area contributed by atoms with Crippen molar-refractivity contribution >= 4 is 23.9 Å². The van der Waals surface area contributed by atoms with E-state index in [-0.39, 0.29) is 25.9 Å². The molecule has 0 radical (unpaired) electrons. The maximum Gasteiger partial charge on any atom is 0.335 e. The van der Waals surface area contributed by atoms with Gasteiger partial charge in [-0.1, -0.05) is 229 Å². The van der Waals surface area contributed by atoms with Gasteiger partial charge in [-0.05, 0) is 103 Å². The molecule has 0 aromatic heterocycles.